The van der Waals surface area contributed by atoms with E-state index < -0.39 is 34.1 Å². The molecule has 0 saturated heterocycles. The maximum atomic E-state index is 13.5. The fourth-order valence-electron chi connectivity index (χ4n) is 2.46. The van der Waals surface area contributed by atoms with Crippen LogP contribution in [0.1, 0.15) is 5.56 Å². The Morgan fingerprint density at radius 2 is 1.78 bits per heavy atom. The van der Waals surface area contributed by atoms with E-state index in [1.807, 2.05) is 0 Å². The van der Waals surface area contributed by atoms with Gasteiger partial charge in [-0.05, 0) is 18.2 Å². The maximum Gasteiger partial charge on any atom is 0.243 e. The Balaban J connectivity index is 2.21. The monoisotopic (exact) mass is 398 g/mol. The highest BCUT2D eigenvalue weighted by molar-refractivity contribution is 7.92. The summed E-state index contributed by atoms with van der Waals surface area (Å²) in [5.41, 5.74) is 0.616. The summed E-state index contributed by atoms with van der Waals surface area (Å²) in [4.78, 5) is 13.9. The molecule has 0 fully saturated rings. The molecule has 0 aliphatic heterocycles. The second kappa shape index (κ2) is 8.34. The Labute approximate surface area is 157 Å². The first-order valence-corrected chi connectivity index (χ1v) is 9.77. The first-order chi connectivity index (χ1) is 12.6. The zero-order valence-electron chi connectivity index (χ0n) is 15.1. The molecule has 0 spiro atoms. The molecule has 0 unspecified atom stereocenters. The van der Waals surface area contributed by atoms with Gasteiger partial charge in [0.1, 0.15) is 12.3 Å². The van der Waals surface area contributed by atoms with Crippen LogP contribution in [0.4, 0.5) is 14.5 Å². The van der Waals surface area contributed by atoms with Crippen molar-refractivity contribution in [3.05, 3.63) is 59.7 Å². The number of hydrogen-bond donors (Lipinski definition) is 0. The maximum absolute atomic E-state index is 13.5. The SMILES string of the molecule is COc1ccccc1CN(C)C(=O)CN(c1ccc(F)c(F)c1)S(C)(=O)=O. The summed E-state index contributed by atoms with van der Waals surface area (Å²) in [7, 11) is -0.866. The molecule has 27 heavy (non-hydrogen) atoms. The van der Waals surface area contributed by atoms with Gasteiger partial charge in [-0.3, -0.25) is 9.10 Å². The number of amides is 1. The van der Waals surface area contributed by atoms with E-state index in [1.54, 1.807) is 24.3 Å². The Kier molecular flexibility index (Phi) is 6.37. The topological polar surface area (TPSA) is 66.9 Å². The van der Waals surface area contributed by atoms with Crippen molar-refractivity contribution in [3.63, 3.8) is 0 Å². The Morgan fingerprint density at radius 3 is 2.37 bits per heavy atom. The van der Waals surface area contributed by atoms with Crippen molar-refractivity contribution in [3.8, 4) is 5.75 Å². The van der Waals surface area contributed by atoms with E-state index in [9.17, 15) is 22.0 Å². The number of nitrogens with zero attached hydrogens (tertiary/aromatic N) is 2. The Morgan fingerprint density at radius 1 is 1.11 bits per heavy atom. The molecule has 0 heterocycles. The van der Waals surface area contributed by atoms with Gasteiger partial charge in [-0.25, -0.2) is 17.2 Å². The molecule has 1 amide bonds. The summed E-state index contributed by atoms with van der Waals surface area (Å²) in [5, 5.41) is 0. The summed E-state index contributed by atoms with van der Waals surface area (Å²) in [6.45, 7) is -0.353. The highest BCUT2D eigenvalue weighted by Gasteiger charge is 2.24. The number of carbonyl (C=O) groups excluding carboxylic acids is 1. The first kappa shape index (κ1) is 20.6. The lowest BCUT2D eigenvalue weighted by atomic mass is 10.2. The lowest BCUT2D eigenvalue weighted by Crippen LogP contribution is -2.41. The van der Waals surface area contributed by atoms with Crippen LogP contribution in [0.5, 0.6) is 5.75 Å². The number of benzene rings is 2. The van der Waals surface area contributed by atoms with Gasteiger partial charge >= 0.3 is 0 Å². The van der Waals surface area contributed by atoms with Gasteiger partial charge in [-0.15, -0.1) is 0 Å². The van der Waals surface area contributed by atoms with Gasteiger partial charge in [0.25, 0.3) is 0 Å². The van der Waals surface area contributed by atoms with E-state index in [2.05, 4.69) is 0 Å². The van der Waals surface area contributed by atoms with E-state index in [-0.39, 0.29) is 12.2 Å². The minimum Gasteiger partial charge on any atom is -0.496 e. The molecule has 6 nitrogen and oxygen atoms in total. The molecule has 0 saturated carbocycles. The standard InChI is InChI=1S/C18H20F2N2O4S/c1-21(11-13-6-4-5-7-17(13)26-2)18(23)12-22(27(3,24)25)14-8-9-15(19)16(20)10-14/h4-10H,11-12H2,1-3H3. The van der Waals surface area contributed by atoms with Crippen LogP contribution in [0.2, 0.25) is 0 Å². The molecule has 2 rings (SSSR count). The molecule has 2 aromatic rings. The summed E-state index contributed by atoms with van der Waals surface area (Å²) in [6, 6.07) is 9.77. The minimum absolute atomic E-state index is 0.129. The van der Waals surface area contributed by atoms with Gasteiger partial charge in [0.15, 0.2) is 11.6 Å². The number of rotatable bonds is 7. The first-order valence-electron chi connectivity index (χ1n) is 7.92. The third-order valence-electron chi connectivity index (χ3n) is 3.90. The molecule has 0 bridgehead atoms. The van der Waals surface area contributed by atoms with Crippen molar-refractivity contribution in [2.24, 2.45) is 0 Å². The second-order valence-corrected chi connectivity index (χ2v) is 7.84. The summed E-state index contributed by atoms with van der Waals surface area (Å²) in [6.07, 6.45) is 0.891. The lowest BCUT2D eigenvalue weighted by molar-refractivity contribution is -0.128. The molecule has 0 N–H and O–H groups in total. The van der Waals surface area contributed by atoms with Crippen LogP contribution in [0, 0.1) is 11.6 Å². The van der Waals surface area contributed by atoms with Crippen LogP contribution in [0.25, 0.3) is 0 Å². The molecule has 2 aromatic carbocycles. The average molecular weight is 398 g/mol. The van der Waals surface area contributed by atoms with Crippen molar-refractivity contribution in [1.29, 1.82) is 0 Å². The molecule has 0 aliphatic rings. The van der Waals surface area contributed by atoms with Crippen molar-refractivity contribution in [2.45, 2.75) is 6.54 Å². The number of methoxy groups -OCH3 is 1. The van der Waals surface area contributed by atoms with Crippen molar-refractivity contribution in [2.75, 3.05) is 31.3 Å². The van der Waals surface area contributed by atoms with Gasteiger partial charge < -0.3 is 9.64 Å². The van der Waals surface area contributed by atoms with Gasteiger partial charge in [-0.1, -0.05) is 18.2 Å². The summed E-state index contributed by atoms with van der Waals surface area (Å²) >= 11 is 0. The number of sulfonamides is 1. The van der Waals surface area contributed by atoms with Crippen LogP contribution >= 0.6 is 0 Å². The second-order valence-electron chi connectivity index (χ2n) is 5.93. The predicted octanol–water partition coefficient (Wildman–Crippen LogP) is 2.40. The zero-order chi connectivity index (χ0) is 20.2. The highest BCUT2D eigenvalue weighted by atomic mass is 32.2. The average Bonchev–Trinajstić information content (AvgIpc) is 2.61. The predicted molar refractivity (Wildman–Crippen MR) is 98.0 cm³/mol. The van der Waals surface area contributed by atoms with Gasteiger partial charge in [-0.2, -0.15) is 0 Å². The van der Waals surface area contributed by atoms with Crippen LogP contribution in [0.15, 0.2) is 42.5 Å². The summed E-state index contributed by atoms with van der Waals surface area (Å²) in [5.74, 6) is -2.23. The van der Waals surface area contributed by atoms with Crippen LogP contribution < -0.4 is 9.04 Å². The molecule has 0 radical (unpaired) electrons. The van der Waals surface area contributed by atoms with Gasteiger partial charge in [0.2, 0.25) is 15.9 Å². The smallest absolute Gasteiger partial charge is 0.243 e. The molecular weight excluding hydrogens is 378 g/mol. The molecule has 0 aliphatic carbocycles. The number of carbonyl (C=O) groups is 1. The minimum atomic E-state index is -3.89. The third kappa shape index (κ3) is 5.16. The number of anilines is 1. The fourth-order valence-corrected chi connectivity index (χ4v) is 3.30. The molecule has 146 valence electrons. The largest absolute Gasteiger partial charge is 0.496 e. The van der Waals surface area contributed by atoms with E-state index in [1.165, 1.54) is 19.1 Å². The molecular formula is C18H20F2N2O4S. The normalized spacial score (nSPS) is 11.1. The van der Waals surface area contributed by atoms with Crippen LogP contribution in [-0.4, -0.2) is 46.2 Å². The molecule has 9 heteroatoms. The van der Waals surface area contributed by atoms with Crippen molar-refractivity contribution < 1.29 is 26.7 Å². The number of likely N-dealkylation sites (N-methyl/N-ethyl adjacent to an activating group) is 1. The van der Waals surface area contributed by atoms with Crippen LogP contribution in [0.3, 0.4) is 0 Å². The van der Waals surface area contributed by atoms with E-state index in [0.29, 0.717) is 5.75 Å². The Hall–Kier alpha value is -2.68. The van der Waals surface area contributed by atoms with Crippen molar-refractivity contribution >= 4 is 21.6 Å². The zero-order valence-corrected chi connectivity index (χ0v) is 16.0. The lowest BCUT2D eigenvalue weighted by Gasteiger charge is -2.25. The van der Waals surface area contributed by atoms with E-state index in [4.69, 9.17) is 4.74 Å². The number of ether oxygens (including phenoxy) is 1. The third-order valence-corrected chi connectivity index (χ3v) is 5.04. The molecule has 0 aromatic heterocycles. The van der Waals surface area contributed by atoms with Crippen molar-refractivity contribution in [1.82, 2.24) is 4.90 Å². The highest BCUT2D eigenvalue weighted by Crippen LogP contribution is 2.22. The molecule has 0 atom stereocenters. The van der Waals surface area contributed by atoms with E-state index in [0.717, 1.165) is 34.3 Å². The number of hydrogen-bond acceptors (Lipinski definition) is 4. The van der Waals surface area contributed by atoms with Gasteiger partial charge in [0, 0.05) is 25.2 Å². The number of halogens is 2. The number of para-hydroxylation sites is 1. The Bertz CT molecular complexity index is 935. The van der Waals surface area contributed by atoms with Crippen LogP contribution in [-0.2, 0) is 21.4 Å². The van der Waals surface area contributed by atoms with Gasteiger partial charge in [0.05, 0.1) is 19.1 Å². The quantitative estimate of drug-likeness (QED) is 0.718. The fraction of sp³-hybridized carbons (Fsp3) is 0.278. The summed E-state index contributed by atoms with van der Waals surface area (Å²) < 4.78 is 56.7. The van der Waals surface area contributed by atoms with E-state index >= 15 is 0 Å².